The lowest BCUT2D eigenvalue weighted by Crippen LogP contribution is -2.37. The van der Waals surface area contributed by atoms with Gasteiger partial charge in [0.2, 0.25) is 5.91 Å². The summed E-state index contributed by atoms with van der Waals surface area (Å²) in [5.74, 6) is -1.36. The zero-order valence-electron chi connectivity index (χ0n) is 11.0. The highest BCUT2D eigenvalue weighted by molar-refractivity contribution is 6.22. The summed E-state index contributed by atoms with van der Waals surface area (Å²) in [7, 11) is 0. The molecule has 3 amide bonds. The molecule has 1 aliphatic heterocycles. The molecule has 0 spiro atoms. The van der Waals surface area contributed by atoms with Gasteiger partial charge in [-0.3, -0.25) is 19.3 Å². The van der Waals surface area contributed by atoms with Crippen molar-refractivity contribution in [2.24, 2.45) is 0 Å². The van der Waals surface area contributed by atoms with E-state index in [1.807, 2.05) is 0 Å². The molecule has 0 unspecified atom stereocenters. The van der Waals surface area contributed by atoms with Crippen LogP contribution in [0.15, 0.2) is 28.9 Å². The van der Waals surface area contributed by atoms with Crippen molar-refractivity contribution in [3.63, 3.8) is 0 Å². The molecule has 0 atom stereocenters. The molecule has 1 aliphatic rings. The number of anilines is 1. The first-order valence-corrected chi connectivity index (χ1v) is 6.12. The van der Waals surface area contributed by atoms with Crippen molar-refractivity contribution in [1.82, 2.24) is 15.2 Å². The Balaban J connectivity index is 1.75. The highest BCUT2D eigenvalue weighted by Gasteiger charge is 2.36. The van der Waals surface area contributed by atoms with E-state index >= 15 is 0 Å². The highest BCUT2D eigenvalue weighted by Crippen LogP contribution is 2.22. The Morgan fingerprint density at radius 2 is 1.81 bits per heavy atom. The Morgan fingerprint density at radius 3 is 2.33 bits per heavy atom. The van der Waals surface area contributed by atoms with Gasteiger partial charge >= 0.3 is 0 Å². The summed E-state index contributed by atoms with van der Waals surface area (Å²) in [4.78, 5) is 37.0. The predicted molar refractivity (Wildman–Crippen MR) is 69.5 cm³/mol. The van der Waals surface area contributed by atoms with Gasteiger partial charge in [-0.2, -0.15) is 0 Å². The van der Waals surface area contributed by atoms with Crippen molar-refractivity contribution in [1.29, 1.82) is 0 Å². The number of carbonyl (C=O) groups excluding carboxylic acids is 3. The molecule has 0 bridgehead atoms. The van der Waals surface area contributed by atoms with Gasteiger partial charge < -0.3 is 5.32 Å². The summed E-state index contributed by atoms with van der Waals surface area (Å²) < 4.78 is 4.45. The molecule has 8 nitrogen and oxygen atoms in total. The summed E-state index contributed by atoms with van der Waals surface area (Å²) in [5.41, 5.74) is 1.01. The van der Waals surface area contributed by atoms with E-state index in [0.29, 0.717) is 16.8 Å². The van der Waals surface area contributed by atoms with Gasteiger partial charge in [0.05, 0.1) is 11.1 Å². The van der Waals surface area contributed by atoms with E-state index < -0.39 is 24.3 Å². The molecule has 106 valence electrons. The minimum Gasteiger partial charge on any atom is -0.305 e. The second-order valence-electron chi connectivity index (χ2n) is 4.49. The number of carbonyl (C=O) groups is 3. The van der Waals surface area contributed by atoms with E-state index in [9.17, 15) is 14.4 Å². The van der Waals surface area contributed by atoms with Crippen LogP contribution in [0.3, 0.4) is 0 Å². The Kier molecular flexibility index (Phi) is 2.98. The molecule has 0 saturated carbocycles. The minimum absolute atomic E-state index is 0.164. The zero-order chi connectivity index (χ0) is 15.0. The number of hydrogen-bond donors (Lipinski definition) is 1. The van der Waals surface area contributed by atoms with Crippen LogP contribution in [-0.4, -0.2) is 39.5 Å². The van der Waals surface area contributed by atoms with Gasteiger partial charge in [0.15, 0.2) is 5.82 Å². The van der Waals surface area contributed by atoms with Crippen LogP contribution >= 0.6 is 0 Å². The Labute approximate surface area is 118 Å². The Bertz CT molecular complexity index is 717. The third-order valence-electron chi connectivity index (χ3n) is 3.09. The van der Waals surface area contributed by atoms with E-state index in [4.69, 9.17) is 0 Å². The van der Waals surface area contributed by atoms with Crippen molar-refractivity contribution in [3.05, 3.63) is 41.1 Å². The zero-order valence-corrected chi connectivity index (χ0v) is 11.0. The molecule has 2 aromatic rings. The quantitative estimate of drug-likeness (QED) is 0.829. The normalized spacial score (nSPS) is 13.5. The molecule has 2 heterocycles. The summed E-state index contributed by atoms with van der Waals surface area (Å²) in [5, 5.41) is 9.45. The second kappa shape index (κ2) is 4.82. The number of aryl methyl sites for hydroxylation is 1. The number of imide groups is 1. The van der Waals surface area contributed by atoms with Crippen LogP contribution in [0.25, 0.3) is 0 Å². The molecule has 21 heavy (non-hydrogen) atoms. The Hall–Kier alpha value is -3.03. The van der Waals surface area contributed by atoms with E-state index in [1.165, 1.54) is 0 Å². The van der Waals surface area contributed by atoms with Gasteiger partial charge in [-0.1, -0.05) is 17.3 Å². The van der Waals surface area contributed by atoms with Crippen molar-refractivity contribution >= 4 is 23.5 Å². The van der Waals surface area contributed by atoms with Crippen LogP contribution in [0.1, 0.15) is 26.4 Å². The van der Waals surface area contributed by atoms with E-state index in [1.54, 1.807) is 31.2 Å². The standard InChI is InChI=1S/C13H10N4O4/c1-7-11(16-21-15-7)14-10(18)6-17-12(19)8-4-2-3-5-9(8)13(17)20/h2-5H,6H2,1H3,(H,14,16,18). The average molecular weight is 286 g/mol. The van der Waals surface area contributed by atoms with Gasteiger partial charge in [-0.25, -0.2) is 4.63 Å². The summed E-state index contributed by atoms with van der Waals surface area (Å²) in [6.07, 6.45) is 0. The maximum absolute atomic E-state index is 12.1. The maximum atomic E-state index is 12.1. The highest BCUT2D eigenvalue weighted by atomic mass is 16.6. The van der Waals surface area contributed by atoms with Crippen LogP contribution < -0.4 is 5.32 Å². The molecule has 1 N–H and O–H groups in total. The lowest BCUT2D eigenvalue weighted by atomic mass is 10.1. The van der Waals surface area contributed by atoms with Gasteiger partial charge in [-0.05, 0) is 24.2 Å². The number of fused-ring (bicyclic) bond motifs is 1. The molecule has 1 aromatic carbocycles. The van der Waals surface area contributed by atoms with Crippen molar-refractivity contribution < 1.29 is 19.0 Å². The molecular formula is C13H10N4O4. The fourth-order valence-corrected chi connectivity index (χ4v) is 2.04. The van der Waals surface area contributed by atoms with E-state index in [-0.39, 0.29) is 5.82 Å². The molecule has 1 aromatic heterocycles. The van der Waals surface area contributed by atoms with Crippen molar-refractivity contribution in [3.8, 4) is 0 Å². The van der Waals surface area contributed by atoms with Crippen LogP contribution in [0.4, 0.5) is 5.82 Å². The van der Waals surface area contributed by atoms with Gasteiger partial charge in [0.1, 0.15) is 12.2 Å². The molecule has 8 heteroatoms. The second-order valence-corrected chi connectivity index (χ2v) is 4.49. The molecular weight excluding hydrogens is 276 g/mol. The van der Waals surface area contributed by atoms with Gasteiger partial charge in [-0.15, -0.1) is 0 Å². The first-order valence-electron chi connectivity index (χ1n) is 6.12. The largest absolute Gasteiger partial charge is 0.305 e. The molecule has 0 saturated heterocycles. The first-order chi connectivity index (χ1) is 10.1. The van der Waals surface area contributed by atoms with Crippen LogP contribution in [-0.2, 0) is 4.79 Å². The van der Waals surface area contributed by atoms with E-state index in [2.05, 4.69) is 20.3 Å². The van der Waals surface area contributed by atoms with Crippen LogP contribution in [0, 0.1) is 6.92 Å². The minimum atomic E-state index is -0.552. The lowest BCUT2D eigenvalue weighted by molar-refractivity contribution is -0.116. The number of rotatable bonds is 3. The SMILES string of the molecule is Cc1nonc1NC(=O)CN1C(=O)c2ccccc2C1=O. The molecule has 0 aliphatic carbocycles. The van der Waals surface area contributed by atoms with Crippen molar-refractivity contribution in [2.45, 2.75) is 6.92 Å². The fraction of sp³-hybridized carbons (Fsp3) is 0.154. The third kappa shape index (κ3) is 2.16. The molecule has 0 radical (unpaired) electrons. The number of nitrogens with zero attached hydrogens (tertiary/aromatic N) is 3. The summed E-state index contributed by atoms with van der Waals surface area (Å²) in [6, 6.07) is 6.44. The predicted octanol–water partition coefficient (Wildman–Crippen LogP) is 0.613. The third-order valence-corrected chi connectivity index (χ3v) is 3.09. The molecule has 3 rings (SSSR count). The van der Waals surface area contributed by atoms with Gasteiger partial charge in [0, 0.05) is 0 Å². The van der Waals surface area contributed by atoms with Crippen molar-refractivity contribution in [2.75, 3.05) is 11.9 Å². The van der Waals surface area contributed by atoms with Crippen LogP contribution in [0.2, 0.25) is 0 Å². The van der Waals surface area contributed by atoms with Crippen LogP contribution in [0.5, 0.6) is 0 Å². The fourth-order valence-electron chi connectivity index (χ4n) is 2.04. The number of nitrogens with one attached hydrogen (secondary N) is 1. The molecule has 0 fully saturated rings. The topological polar surface area (TPSA) is 105 Å². The number of hydrogen-bond acceptors (Lipinski definition) is 6. The summed E-state index contributed by atoms with van der Waals surface area (Å²) in [6.45, 7) is 1.22. The van der Waals surface area contributed by atoms with E-state index in [0.717, 1.165) is 4.90 Å². The number of amides is 3. The summed E-state index contributed by atoms with van der Waals surface area (Å²) >= 11 is 0. The number of aromatic nitrogens is 2. The first kappa shape index (κ1) is 13.0. The van der Waals surface area contributed by atoms with Gasteiger partial charge in [0.25, 0.3) is 11.8 Å². The smallest absolute Gasteiger partial charge is 0.262 e. The monoisotopic (exact) mass is 286 g/mol. The lowest BCUT2D eigenvalue weighted by Gasteiger charge is -2.12. The Morgan fingerprint density at radius 1 is 1.19 bits per heavy atom. The average Bonchev–Trinajstić information content (AvgIpc) is 2.97. The maximum Gasteiger partial charge on any atom is 0.262 e. The number of benzene rings is 1.